The third-order valence-electron chi connectivity index (χ3n) is 5.09. The molecule has 0 aromatic carbocycles. The smallest absolute Gasteiger partial charge is 0.270 e. The summed E-state index contributed by atoms with van der Waals surface area (Å²) in [6, 6.07) is 1.75. The highest BCUT2D eigenvalue weighted by Crippen LogP contribution is 2.31. The molecule has 5 nitrogen and oxygen atoms in total. The van der Waals surface area contributed by atoms with E-state index in [1.807, 2.05) is 0 Å². The van der Waals surface area contributed by atoms with Crippen LogP contribution in [0.15, 0.2) is 12.3 Å². The molecular formula is C17H25N3O2. The van der Waals surface area contributed by atoms with E-state index in [-0.39, 0.29) is 24.5 Å². The van der Waals surface area contributed by atoms with Gasteiger partial charge in [-0.25, -0.2) is 9.97 Å². The van der Waals surface area contributed by atoms with Crippen LogP contribution in [-0.4, -0.2) is 33.6 Å². The van der Waals surface area contributed by atoms with Crippen molar-refractivity contribution in [2.24, 2.45) is 5.92 Å². The molecule has 2 N–H and O–H groups in total. The number of carbonyl (C=O) groups excluding carboxylic acids is 1. The monoisotopic (exact) mass is 303 g/mol. The summed E-state index contributed by atoms with van der Waals surface area (Å²) in [5.74, 6) is 1.26. The lowest BCUT2D eigenvalue weighted by Gasteiger charge is -2.30. The SMILES string of the molecule is O=C(NC1CCCCC1CO)c1ccnc(C2CCCC2)n1. The van der Waals surface area contributed by atoms with Gasteiger partial charge in [-0.05, 0) is 31.7 Å². The summed E-state index contributed by atoms with van der Waals surface area (Å²) in [5.41, 5.74) is 0.458. The zero-order valence-corrected chi connectivity index (χ0v) is 13.0. The summed E-state index contributed by atoms with van der Waals surface area (Å²) in [7, 11) is 0. The van der Waals surface area contributed by atoms with Gasteiger partial charge in [0, 0.05) is 30.7 Å². The molecule has 1 amide bonds. The lowest BCUT2D eigenvalue weighted by Crippen LogP contribution is -2.43. The van der Waals surface area contributed by atoms with Gasteiger partial charge in [0.15, 0.2) is 0 Å². The second-order valence-electron chi connectivity index (χ2n) is 6.59. The Bertz CT molecular complexity index is 514. The third-order valence-corrected chi connectivity index (χ3v) is 5.09. The minimum atomic E-state index is -0.132. The summed E-state index contributed by atoms with van der Waals surface area (Å²) >= 11 is 0. The molecule has 1 aromatic rings. The average molecular weight is 303 g/mol. The summed E-state index contributed by atoms with van der Waals surface area (Å²) < 4.78 is 0. The molecule has 0 radical (unpaired) electrons. The van der Waals surface area contributed by atoms with E-state index in [1.54, 1.807) is 12.3 Å². The van der Waals surface area contributed by atoms with E-state index in [1.165, 1.54) is 12.8 Å². The van der Waals surface area contributed by atoms with Crippen molar-refractivity contribution in [3.8, 4) is 0 Å². The lowest BCUT2D eigenvalue weighted by atomic mass is 9.85. The first kappa shape index (κ1) is 15.4. The topological polar surface area (TPSA) is 75.1 Å². The van der Waals surface area contributed by atoms with Crippen LogP contribution >= 0.6 is 0 Å². The molecule has 0 aliphatic heterocycles. The predicted octanol–water partition coefficient (Wildman–Crippen LogP) is 2.42. The largest absolute Gasteiger partial charge is 0.396 e. The number of nitrogens with one attached hydrogen (secondary N) is 1. The van der Waals surface area contributed by atoms with Crippen LogP contribution in [0.3, 0.4) is 0 Å². The molecule has 2 aliphatic rings. The molecule has 120 valence electrons. The Morgan fingerprint density at radius 1 is 1.18 bits per heavy atom. The molecular weight excluding hydrogens is 278 g/mol. The summed E-state index contributed by atoms with van der Waals surface area (Å²) in [5, 5.41) is 12.5. The molecule has 5 heteroatoms. The van der Waals surface area contributed by atoms with Gasteiger partial charge >= 0.3 is 0 Å². The fraction of sp³-hybridized carbons (Fsp3) is 0.706. The number of carbonyl (C=O) groups is 1. The quantitative estimate of drug-likeness (QED) is 0.895. The van der Waals surface area contributed by atoms with Crippen molar-refractivity contribution in [1.82, 2.24) is 15.3 Å². The maximum absolute atomic E-state index is 12.5. The minimum Gasteiger partial charge on any atom is -0.396 e. The number of rotatable bonds is 4. The third kappa shape index (κ3) is 3.46. The summed E-state index contributed by atoms with van der Waals surface area (Å²) in [6.45, 7) is 0.141. The molecule has 2 unspecified atom stereocenters. The van der Waals surface area contributed by atoms with Gasteiger partial charge in [0.05, 0.1) is 0 Å². The molecule has 22 heavy (non-hydrogen) atoms. The fourth-order valence-corrected chi connectivity index (χ4v) is 3.74. The van der Waals surface area contributed by atoms with E-state index in [0.717, 1.165) is 44.3 Å². The van der Waals surface area contributed by atoms with E-state index in [4.69, 9.17) is 0 Å². The van der Waals surface area contributed by atoms with Crippen molar-refractivity contribution < 1.29 is 9.90 Å². The standard InChI is InChI=1S/C17H25N3O2/c21-11-13-7-3-4-8-14(13)20-17(22)15-9-10-18-16(19-15)12-5-1-2-6-12/h9-10,12-14,21H,1-8,11H2,(H,20,22). The Kier molecular flexibility index (Phi) is 5.03. The normalized spacial score (nSPS) is 26.0. The van der Waals surface area contributed by atoms with E-state index in [9.17, 15) is 9.90 Å². The second-order valence-corrected chi connectivity index (χ2v) is 6.59. The molecule has 1 aromatic heterocycles. The maximum atomic E-state index is 12.5. The van der Waals surface area contributed by atoms with E-state index in [2.05, 4.69) is 15.3 Å². The van der Waals surface area contributed by atoms with Crippen LogP contribution in [0.1, 0.15) is 73.6 Å². The zero-order chi connectivity index (χ0) is 15.4. The van der Waals surface area contributed by atoms with Crippen molar-refractivity contribution in [1.29, 1.82) is 0 Å². The number of aliphatic hydroxyl groups is 1. The molecule has 2 saturated carbocycles. The van der Waals surface area contributed by atoms with Crippen LogP contribution in [0.2, 0.25) is 0 Å². The first-order valence-electron chi connectivity index (χ1n) is 8.52. The molecule has 0 spiro atoms. The van der Waals surface area contributed by atoms with Crippen LogP contribution in [-0.2, 0) is 0 Å². The van der Waals surface area contributed by atoms with Gasteiger partial charge in [-0.15, -0.1) is 0 Å². The predicted molar refractivity (Wildman–Crippen MR) is 83.5 cm³/mol. The zero-order valence-electron chi connectivity index (χ0n) is 13.0. The van der Waals surface area contributed by atoms with Gasteiger partial charge in [-0.1, -0.05) is 25.7 Å². The van der Waals surface area contributed by atoms with E-state index >= 15 is 0 Å². The number of aromatic nitrogens is 2. The van der Waals surface area contributed by atoms with E-state index in [0.29, 0.717) is 11.6 Å². The highest BCUT2D eigenvalue weighted by molar-refractivity contribution is 5.92. The molecule has 0 saturated heterocycles. The van der Waals surface area contributed by atoms with E-state index < -0.39 is 0 Å². The van der Waals surface area contributed by atoms with Crippen molar-refractivity contribution >= 4 is 5.91 Å². The van der Waals surface area contributed by atoms with Crippen LogP contribution in [0.4, 0.5) is 0 Å². The van der Waals surface area contributed by atoms with Gasteiger partial charge in [-0.3, -0.25) is 4.79 Å². The molecule has 2 aliphatic carbocycles. The Hall–Kier alpha value is -1.49. The highest BCUT2D eigenvalue weighted by atomic mass is 16.3. The van der Waals surface area contributed by atoms with Crippen molar-refractivity contribution in [2.75, 3.05) is 6.61 Å². The van der Waals surface area contributed by atoms with Gasteiger partial charge < -0.3 is 10.4 Å². The van der Waals surface area contributed by atoms with Gasteiger partial charge in [-0.2, -0.15) is 0 Å². The number of hydrogen-bond acceptors (Lipinski definition) is 4. The average Bonchev–Trinajstić information content (AvgIpc) is 3.10. The first-order chi connectivity index (χ1) is 10.8. The lowest BCUT2D eigenvalue weighted by molar-refractivity contribution is 0.0867. The molecule has 3 rings (SSSR count). The second kappa shape index (κ2) is 7.18. The van der Waals surface area contributed by atoms with Crippen molar-refractivity contribution in [3.63, 3.8) is 0 Å². The number of aliphatic hydroxyl groups excluding tert-OH is 1. The molecule has 2 fully saturated rings. The van der Waals surface area contributed by atoms with Gasteiger partial charge in [0.1, 0.15) is 11.5 Å². The number of amides is 1. The van der Waals surface area contributed by atoms with Crippen LogP contribution in [0.5, 0.6) is 0 Å². The van der Waals surface area contributed by atoms with Crippen LogP contribution < -0.4 is 5.32 Å². The highest BCUT2D eigenvalue weighted by Gasteiger charge is 2.27. The molecule has 1 heterocycles. The Balaban J connectivity index is 1.67. The summed E-state index contributed by atoms with van der Waals surface area (Å²) in [4.78, 5) is 21.3. The van der Waals surface area contributed by atoms with Crippen LogP contribution in [0, 0.1) is 5.92 Å². The van der Waals surface area contributed by atoms with Gasteiger partial charge in [0.2, 0.25) is 0 Å². The first-order valence-corrected chi connectivity index (χ1v) is 8.52. The van der Waals surface area contributed by atoms with Gasteiger partial charge in [0.25, 0.3) is 5.91 Å². The number of hydrogen-bond donors (Lipinski definition) is 2. The number of nitrogens with zero attached hydrogens (tertiary/aromatic N) is 2. The maximum Gasteiger partial charge on any atom is 0.270 e. The van der Waals surface area contributed by atoms with Crippen molar-refractivity contribution in [3.05, 3.63) is 23.8 Å². The fourth-order valence-electron chi connectivity index (χ4n) is 3.74. The molecule has 2 atom stereocenters. The Morgan fingerprint density at radius 3 is 2.68 bits per heavy atom. The minimum absolute atomic E-state index is 0.0659. The Morgan fingerprint density at radius 2 is 1.91 bits per heavy atom. The molecule has 0 bridgehead atoms. The summed E-state index contributed by atoms with van der Waals surface area (Å²) in [6.07, 6.45) is 10.6. The Labute approximate surface area is 131 Å². The van der Waals surface area contributed by atoms with Crippen molar-refractivity contribution in [2.45, 2.75) is 63.3 Å². The van der Waals surface area contributed by atoms with Crippen LogP contribution in [0.25, 0.3) is 0 Å².